The summed E-state index contributed by atoms with van der Waals surface area (Å²) in [7, 11) is 4.18. The molecule has 2 rings (SSSR count). The van der Waals surface area contributed by atoms with Crippen LogP contribution in [0.3, 0.4) is 0 Å². The Bertz CT molecular complexity index is 540. The molecule has 1 aliphatic rings. The molecule has 120 valence electrons. The van der Waals surface area contributed by atoms with E-state index in [1.807, 2.05) is 0 Å². The Balaban J connectivity index is 2.00. The summed E-state index contributed by atoms with van der Waals surface area (Å²) >= 11 is 5.83. The van der Waals surface area contributed by atoms with Gasteiger partial charge in [0.15, 0.2) is 0 Å². The first-order chi connectivity index (χ1) is 10.5. The minimum atomic E-state index is -0.172. The molecule has 5 nitrogen and oxygen atoms in total. The van der Waals surface area contributed by atoms with Crippen LogP contribution in [0.25, 0.3) is 0 Å². The summed E-state index contributed by atoms with van der Waals surface area (Å²) in [6.07, 6.45) is 4.93. The van der Waals surface area contributed by atoms with E-state index >= 15 is 0 Å². The molecule has 1 saturated carbocycles. The Labute approximate surface area is 136 Å². The zero-order valence-corrected chi connectivity index (χ0v) is 13.8. The summed E-state index contributed by atoms with van der Waals surface area (Å²) in [4.78, 5) is 29.5. The van der Waals surface area contributed by atoms with Crippen molar-refractivity contribution in [1.29, 1.82) is 0 Å². The van der Waals surface area contributed by atoms with Crippen LogP contribution < -0.4 is 5.32 Å². The highest BCUT2D eigenvalue weighted by Gasteiger charge is 2.24. The first-order valence-corrected chi connectivity index (χ1v) is 7.95. The number of hydrogen-bond donors (Lipinski definition) is 1. The minimum absolute atomic E-state index is 0.0939. The lowest BCUT2D eigenvalue weighted by molar-refractivity contribution is -0.107. The van der Waals surface area contributed by atoms with Crippen LogP contribution in [0, 0.1) is 0 Å². The van der Waals surface area contributed by atoms with Crippen LogP contribution >= 0.6 is 11.6 Å². The Kier molecular flexibility index (Phi) is 5.91. The van der Waals surface area contributed by atoms with Gasteiger partial charge in [0.2, 0.25) is 0 Å². The summed E-state index contributed by atoms with van der Waals surface area (Å²) < 4.78 is 0. The number of hydrogen-bond acceptors (Lipinski definition) is 4. The average Bonchev–Trinajstić information content (AvgIpc) is 2.48. The number of halogens is 1. The van der Waals surface area contributed by atoms with Crippen molar-refractivity contribution < 1.29 is 9.59 Å². The predicted molar refractivity (Wildman–Crippen MR) is 86.2 cm³/mol. The van der Waals surface area contributed by atoms with Crippen molar-refractivity contribution in [3.8, 4) is 0 Å². The lowest BCUT2D eigenvalue weighted by atomic mass is 9.90. The SMILES string of the molecule is CN(C)C1CCC(NC(=O)c2ccc(Cl)nc2CC=O)CC1. The highest BCUT2D eigenvalue weighted by atomic mass is 35.5. The zero-order chi connectivity index (χ0) is 16.1. The van der Waals surface area contributed by atoms with Crippen molar-refractivity contribution in [3.05, 3.63) is 28.5 Å². The molecule has 1 amide bonds. The van der Waals surface area contributed by atoms with Crippen LogP contribution in [-0.4, -0.2) is 48.3 Å². The summed E-state index contributed by atoms with van der Waals surface area (Å²) in [5.74, 6) is -0.172. The van der Waals surface area contributed by atoms with Gasteiger partial charge in [-0.1, -0.05) is 11.6 Å². The molecule has 0 spiro atoms. The Morgan fingerprint density at radius 3 is 2.64 bits per heavy atom. The van der Waals surface area contributed by atoms with Gasteiger partial charge in [0.1, 0.15) is 11.4 Å². The standard InChI is InChI=1S/C16H22ClN3O2/c1-20(2)12-5-3-11(4-6-12)18-16(22)13-7-8-15(17)19-14(13)9-10-21/h7-8,10-12H,3-6,9H2,1-2H3,(H,18,22). The van der Waals surface area contributed by atoms with Crippen molar-refractivity contribution in [3.63, 3.8) is 0 Å². The lowest BCUT2D eigenvalue weighted by Gasteiger charge is -2.33. The van der Waals surface area contributed by atoms with E-state index < -0.39 is 0 Å². The average molecular weight is 324 g/mol. The minimum Gasteiger partial charge on any atom is -0.349 e. The molecule has 1 N–H and O–H groups in total. The number of aldehydes is 1. The van der Waals surface area contributed by atoms with Crippen LogP contribution in [0.1, 0.15) is 41.7 Å². The maximum absolute atomic E-state index is 12.4. The van der Waals surface area contributed by atoms with Crippen molar-refractivity contribution in [2.75, 3.05) is 14.1 Å². The molecule has 0 bridgehead atoms. The fourth-order valence-electron chi connectivity index (χ4n) is 2.92. The zero-order valence-electron chi connectivity index (χ0n) is 13.0. The highest BCUT2D eigenvalue weighted by Crippen LogP contribution is 2.22. The van der Waals surface area contributed by atoms with Gasteiger partial charge in [0.05, 0.1) is 11.3 Å². The second kappa shape index (κ2) is 7.70. The third-order valence-corrected chi connectivity index (χ3v) is 4.43. The molecule has 0 aromatic carbocycles. The van der Waals surface area contributed by atoms with Gasteiger partial charge in [0.25, 0.3) is 5.91 Å². The molecule has 22 heavy (non-hydrogen) atoms. The number of nitrogens with zero attached hydrogens (tertiary/aromatic N) is 2. The molecule has 1 fully saturated rings. The molecule has 0 unspecified atom stereocenters. The van der Waals surface area contributed by atoms with Gasteiger partial charge >= 0.3 is 0 Å². The quantitative estimate of drug-likeness (QED) is 0.665. The van der Waals surface area contributed by atoms with Crippen LogP contribution in [0.2, 0.25) is 5.15 Å². The maximum atomic E-state index is 12.4. The molecule has 1 aromatic rings. The first kappa shape index (κ1) is 16.9. The smallest absolute Gasteiger partial charge is 0.253 e. The summed E-state index contributed by atoms with van der Waals surface area (Å²) in [5.41, 5.74) is 0.869. The van der Waals surface area contributed by atoms with Crippen LogP contribution in [0.15, 0.2) is 12.1 Å². The Morgan fingerprint density at radius 2 is 2.05 bits per heavy atom. The van der Waals surface area contributed by atoms with Gasteiger partial charge in [-0.25, -0.2) is 4.98 Å². The first-order valence-electron chi connectivity index (χ1n) is 7.57. The van der Waals surface area contributed by atoms with E-state index in [4.69, 9.17) is 11.6 Å². The highest BCUT2D eigenvalue weighted by molar-refractivity contribution is 6.29. The molecule has 1 aliphatic carbocycles. The number of carbonyl (C=O) groups excluding carboxylic acids is 2. The molecule has 0 saturated heterocycles. The van der Waals surface area contributed by atoms with E-state index in [2.05, 4.69) is 29.3 Å². The largest absolute Gasteiger partial charge is 0.349 e. The van der Waals surface area contributed by atoms with Gasteiger partial charge in [0, 0.05) is 18.5 Å². The number of pyridine rings is 1. The second-order valence-corrected chi connectivity index (χ2v) is 6.33. The third kappa shape index (κ3) is 4.27. The van der Waals surface area contributed by atoms with Crippen molar-refractivity contribution in [2.24, 2.45) is 0 Å². The van der Waals surface area contributed by atoms with E-state index in [9.17, 15) is 9.59 Å². The van der Waals surface area contributed by atoms with E-state index in [-0.39, 0.29) is 18.4 Å². The van der Waals surface area contributed by atoms with Gasteiger partial charge in [-0.15, -0.1) is 0 Å². The predicted octanol–water partition coefficient (Wildman–Crippen LogP) is 2.08. The number of aromatic nitrogens is 1. The normalized spacial score (nSPS) is 21.6. The number of nitrogens with one attached hydrogen (secondary N) is 1. The van der Waals surface area contributed by atoms with E-state index in [1.54, 1.807) is 12.1 Å². The number of carbonyl (C=O) groups is 2. The molecule has 1 aromatic heterocycles. The Morgan fingerprint density at radius 1 is 1.36 bits per heavy atom. The molecule has 0 atom stereocenters. The van der Waals surface area contributed by atoms with Crippen molar-refractivity contribution in [1.82, 2.24) is 15.2 Å². The number of rotatable bonds is 5. The van der Waals surface area contributed by atoms with Crippen LogP contribution in [-0.2, 0) is 11.2 Å². The van der Waals surface area contributed by atoms with Gasteiger partial charge < -0.3 is 15.0 Å². The summed E-state index contributed by atoms with van der Waals surface area (Å²) in [6, 6.07) is 3.99. The van der Waals surface area contributed by atoms with E-state index in [0.717, 1.165) is 32.0 Å². The maximum Gasteiger partial charge on any atom is 0.253 e. The third-order valence-electron chi connectivity index (χ3n) is 4.22. The molecular formula is C16H22ClN3O2. The van der Waals surface area contributed by atoms with Crippen LogP contribution in [0.5, 0.6) is 0 Å². The number of amides is 1. The van der Waals surface area contributed by atoms with Crippen molar-refractivity contribution in [2.45, 2.75) is 44.2 Å². The van der Waals surface area contributed by atoms with Crippen LogP contribution in [0.4, 0.5) is 0 Å². The molecule has 0 aliphatic heterocycles. The van der Waals surface area contributed by atoms with E-state index in [1.165, 1.54) is 0 Å². The lowest BCUT2D eigenvalue weighted by Crippen LogP contribution is -2.42. The van der Waals surface area contributed by atoms with Gasteiger partial charge in [-0.2, -0.15) is 0 Å². The molecular weight excluding hydrogens is 302 g/mol. The van der Waals surface area contributed by atoms with E-state index in [0.29, 0.717) is 22.5 Å². The Hall–Kier alpha value is -1.46. The monoisotopic (exact) mass is 323 g/mol. The second-order valence-electron chi connectivity index (χ2n) is 5.94. The molecule has 1 heterocycles. The molecule has 6 heteroatoms. The summed E-state index contributed by atoms with van der Waals surface area (Å²) in [5, 5.41) is 3.35. The fraction of sp³-hybridized carbons (Fsp3) is 0.562. The fourth-order valence-corrected chi connectivity index (χ4v) is 3.08. The van der Waals surface area contributed by atoms with Gasteiger partial charge in [-0.3, -0.25) is 4.79 Å². The van der Waals surface area contributed by atoms with Gasteiger partial charge in [-0.05, 0) is 51.9 Å². The topological polar surface area (TPSA) is 62.3 Å². The molecule has 0 radical (unpaired) electrons. The van der Waals surface area contributed by atoms with Crippen molar-refractivity contribution >= 4 is 23.8 Å². The summed E-state index contributed by atoms with van der Waals surface area (Å²) in [6.45, 7) is 0.